The van der Waals surface area contributed by atoms with Crippen LogP contribution >= 0.6 is 0 Å². The Morgan fingerprint density at radius 3 is 2.67 bits per heavy atom. The molecule has 2 aromatic heterocycles. The van der Waals surface area contributed by atoms with Crippen molar-refractivity contribution in [1.82, 2.24) is 24.8 Å². The lowest BCUT2D eigenvalue weighted by Gasteiger charge is -2.24. The number of nitrogen functional groups attached to an aromatic ring is 1. The highest BCUT2D eigenvalue weighted by Crippen LogP contribution is 2.42. The molecule has 2 amide bonds. The molecule has 0 unspecified atom stereocenters. The number of nitrogens with zero attached hydrogens (tertiary/aromatic N) is 4. The summed E-state index contributed by atoms with van der Waals surface area (Å²) < 4.78 is 45.7. The lowest BCUT2D eigenvalue weighted by molar-refractivity contribution is -0.274. The summed E-state index contributed by atoms with van der Waals surface area (Å²) in [6.07, 6.45) is -0.421. The van der Waals surface area contributed by atoms with Crippen LogP contribution in [0, 0.1) is 5.92 Å². The molecule has 2 atom stereocenters. The number of ketones is 1. The Bertz CT molecular complexity index is 1530. The fourth-order valence-electron chi connectivity index (χ4n) is 5.47. The number of aromatic nitrogens is 3. The van der Waals surface area contributed by atoms with E-state index in [-0.39, 0.29) is 64.7 Å². The normalized spacial score (nSPS) is 20.0. The van der Waals surface area contributed by atoms with Crippen LogP contribution in [0.5, 0.6) is 5.75 Å². The van der Waals surface area contributed by atoms with Gasteiger partial charge in [-0.1, -0.05) is 0 Å². The fraction of sp³-hybridized carbons (Fsp3) is 0.423. The number of nitrogens with two attached hydrogens (primary N) is 1. The molecule has 2 fully saturated rings. The summed E-state index contributed by atoms with van der Waals surface area (Å²) in [6.45, 7) is 2.06. The van der Waals surface area contributed by atoms with Crippen LogP contribution in [0.25, 0.3) is 16.9 Å². The zero-order valence-corrected chi connectivity index (χ0v) is 20.9. The van der Waals surface area contributed by atoms with Crippen molar-refractivity contribution in [2.45, 2.75) is 64.0 Å². The molecule has 10 nitrogen and oxygen atoms in total. The van der Waals surface area contributed by atoms with Crippen molar-refractivity contribution < 1.29 is 32.3 Å². The van der Waals surface area contributed by atoms with Gasteiger partial charge in [0.05, 0.1) is 11.3 Å². The van der Waals surface area contributed by atoms with E-state index in [2.05, 4.69) is 20.1 Å². The van der Waals surface area contributed by atoms with Crippen molar-refractivity contribution in [3.63, 3.8) is 0 Å². The summed E-state index contributed by atoms with van der Waals surface area (Å²) in [5.41, 5.74) is 6.93. The second-order valence-corrected chi connectivity index (χ2v) is 10.4. The molecule has 13 heteroatoms. The van der Waals surface area contributed by atoms with Crippen LogP contribution in [-0.2, 0) is 11.3 Å². The number of nitrogens with one attached hydrogen (secondary N) is 1. The second kappa shape index (κ2) is 8.95. The van der Waals surface area contributed by atoms with Crippen molar-refractivity contribution in [2.24, 2.45) is 5.92 Å². The number of anilines is 1. The minimum absolute atomic E-state index is 0.00346. The van der Waals surface area contributed by atoms with E-state index < -0.39 is 23.9 Å². The van der Waals surface area contributed by atoms with Gasteiger partial charge in [0.2, 0.25) is 0 Å². The van der Waals surface area contributed by atoms with Crippen LogP contribution in [0.3, 0.4) is 0 Å². The van der Waals surface area contributed by atoms with Crippen LogP contribution < -0.4 is 15.8 Å². The monoisotopic (exact) mass is 542 g/mol. The van der Waals surface area contributed by atoms with E-state index >= 15 is 0 Å². The van der Waals surface area contributed by atoms with Crippen molar-refractivity contribution in [3.05, 3.63) is 41.1 Å². The molecule has 0 saturated heterocycles. The number of fused-ring (bicyclic) bond motifs is 2. The molecular weight excluding hydrogens is 517 g/mol. The Morgan fingerprint density at radius 1 is 1.23 bits per heavy atom. The Morgan fingerprint density at radius 2 is 2.00 bits per heavy atom. The minimum atomic E-state index is -5.01. The van der Waals surface area contributed by atoms with Gasteiger partial charge in [0.15, 0.2) is 11.5 Å². The van der Waals surface area contributed by atoms with E-state index in [1.165, 1.54) is 16.8 Å². The first-order chi connectivity index (χ1) is 18.5. The SMILES string of the molecule is C[C@@H](C1CC1)N1Cc2cc(-c3ccn4nc(N)c(C(=O)N[C@H]5CCC(=O)C5)c4n3)cc(OC(F)(F)F)c2C1=O. The summed E-state index contributed by atoms with van der Waals surface area (Å²) in [4.78, 5) is 43.9. The fourth-order valence-corrected chi connectivity index (χ4v) is 5.47. The molecule has 204 valence electrons. The highest BCUT2D eigenvalue weighted by Gasteiger charge is 2.42. The van der Waals surface area contributed by atoms with E-state index in [4.69, 9.17) is 5.73 Å². The highest BCUT2D eigenvalue weighted by atomic mass is 19.4. The lowest BCUT2D eigenvalue weighted by Crippen LogP contribution is -2.34. The molecule has 0 spiro atoms. The molecule has 2 saturated carbocycles. The van der Waals surface area contributed by atoms with Crippen LogP contribution in [0.1, 0.15) is 65.3 Å². The van der Waals surface area contributed by atoms with Crippen LogP contribution in [0.15, 0.2) is 24.4 Å². The number of rotatable bonds is 6. The molecule has 39 heavy (non-hydrogen) atoms. The molecule has 1 aliphatic heterocycles. The van der Waals surface area contributed by atoms with Crippen molar-refractivity contribution in [3.8, 4) is 17.0 Å². The van der Waals surface area contributed by atoms with Gasteiger partial charge < -0.3 is 20.7 Å². The summed E-state index contributed by atoms with van der Waals surface area (Å²) >= 11 is 0. The average molecular weight is 543 g/mol. The number of ether oxygens (including phenoxy) is 1. The van der Waals surface area contributed by atoms with Gasteiger partial charge in [-0.2, -0.15) is 0 Å². The molecule has 3 aromatic rings. The van der Waals surface area contributed by atoms with Gasteiger partial charge in [0, 0.05) is 43.2 Å². The Balaban J connectivity index is 1.39. The molecule has 1 aromatic carbocycles. The van der Waals surface area contributed by atoms with E-state index in [0.717, 1.165) is 18.9 Å². The van der Waals surface area contributed by atoms with Gasteiger partial charge in [0.25, 0.3) is 11.8 Å². The molecule has 3 aliphatic rings. The lowest BCUT2D eigenvalue weighted by atomic mass is 10.0. The number of carbonyl (C=O) groups excluding carboxylic acids is 3. The van der Waals surface area contributed by atoms with E-state index in [0.29, 0.717) is 24.3 Å². The van der Waals surface area contributed by atoms with Crippen molar-refractivity contribution >= 4 is 29.1 Å². The standard InChI is InChI=1S/C26H25F3N6O4/c1-12(13-2-3-13)34-11-15-8-14(9-19(20(15)25(34)38)39-26(27,28)29)18-6-7-35-23(32-18)21(22(30)33-35)24(37)31-16-4-5-17(36)10-16/h6-9,12-13,16H,2-5,10-11H2,1H3,(H2,30,33)(H,31,37)/t12-,16-/m0/s1. The molecule has 2 aliphatic carbocycles. The average Bonchev–Trinajstić information content (AvgIpc) is 3.43. The summed E-state index contributed by atoms with van der Waals surface area (Å²) in [5, 5.41) is 6.91. The summed E-state index contributed by atoms with van der Waals surface area (Å²) in [7, 11) is 0. The number of hydrogen-bond donors (Lipinski definition) is 2. The third-order valence-electron chi connectivity index (χ3n) is 7.64. The predicted octanol–water partition coefficient (Wildman–Crippen LogP) is 3.48. The van der Waals surface area contributed by atoms with Crippen LogP contribution in [-0.4, -0.2) is 55.5 Å². The number of alkyl halides is 3. The van der Waals surface area contributed by atoms with Gasteiger partial charge in [-0.15, -0.1) is 18.3 Å². The van der Waals surface area contributed by atoms with Crippen LogP contribution in [0.4, 0.5) is 19.0 Å². The zero-order chi connectivity index (χ0) is 27.6. The Hall–Kier alpha value is -4.16. The quantitative estimate of drug-likeness (QED) is 0.488. The topological polar surface area (TPSA) is 132 Å². The predicted molar refractivity (Wildman–Crippen MR) is 132 cm³/mol. The maximum Gasteiger partial charge on any atom is 0.573 e. The number of Topliss-reactive ketones (excluding diaryl/α,β-unsaturated/α-hetero) is 1. The first-order valence-electron chi connectivity index (χ1n) is 12.7. The van der Waals surface area contributed by atoms with E-state index in [1.807, 2.05) is 6.92 Å². The molecule has 6 rings (SSSR count). The number of benzene rings is 1. The largest absolute Gasteiger partial charge is 0.573 e. The van der Waals surface area contributed by atoms with Crippen molar-refractivity contribution in [2.75, 3.05) is 5.73 Å². The maximum atomic E-state index is 13.4. The number of amides is 2. The maximum absolute atomic E-state index is 13.4. The van der Waals surface area contributed by atoms with Gasteiger partial charge in [-0.05, 0) is 55.9 Å². The third kappa shape index (κ3) is 4.66. The molecule has 3 heterocycles. The van der Waals surface area contributed by atoms with Crippen LogP contribution in [0.2, 0.25) is 0 Å². The minimum Gasteiger partial charge on any atom is -0.405 e. The van der Waals surface area contributed by atoms with E-state index in [1.54, 1.807) is 11.0 Å². The highest BCUT2D eigenvalue weighted by molar-refractivity contribution is 6.05. The smallest absolute Gasteiger partial charge is 0.405 e. The van der Waals surface area contributed by atoms with Gasteiger partial charge in [0.1, 0.15) is 17.1 Å². The van der Waals surface area contributed by atoms with E-state index in [9.17, 15) is 27.6 Å². The van der Waals surface area contributed by atoms with Crippen molar-refractivity contribution in [1.29, 1.82) is 0 Å². The zero-order valence-electron chi connectivity index (χ0n) is 20.9. The number of carbonyl (C=O) groups is 3. The second-order valence-electron chi connectivity index (χ2n) is 10.4. The van der Waals surface area contributed by atoms with Gasteiger partial charge >= 0.3 is 6.36 Å². The van der Waals surface area contributed by atoms with Gasteiger partial charge in [-0.25, -0.2) is 9.50 Å². The molecular formula is C26H25F3N6O4. The summed E-state index contributed by atoms with van der Waals surface area (Å²) in [5.74, 6) is -1.32. The Kier molecular flexibility index (Phi) is 5.77. The molecule has 3 N–H and O–H groups in total. The molecule has 0 bridgehead atoms. The summed E-state index contributed by atoms with van der Waals surface area (Å²) in [6, 6.07) is 3.86. The number of hydrogen-bond acceptors (Lipinski definition) is 7. The third-order valence-corrected chi connectivity index (χ3v) is 7.64. The molecule has 0 radical (unpaired) electrons. The number of halogens is 3. The van der Waals surface area contributed by atoms with Gasteiger partial charge in [-0.3, -0.25) is 14.4 Å². The Labute approximate surface area is 220 Å². The first-order valence-corrected chi connectivity index (χ1v) is 12.7. The first kappa shape index (κ1) is 25.1.